The Hall–Kier alpha value is -2.14. The molecule has 2 aromatic rings. The summed E-state index contributed by atoms with van der Waals surface area (Å²) < 4.78 is 1.73. The smallest absolute Gasteiger partial charge is 0.253 e. The van der Waals surface area contributed by atoms with Gasteiger partial charge in [0, 0.05) is 37.6 Å². The summed E-state index contributed by atoms with van der Waals surface area (Å²) in [4.78, 5) is 15.0. The molecule has 2 heterocycles. The Bertz CT molecular complexity index is 636. The first-order chi connectivity index (χ1) is 10.6. The quantitative estimate of drug-likeness (QED) is 0.940. The van der Waals surface area contributed by atoms with Crippen molar-refractivity contribution in [2.24, 2.45) is 0 Å². The summed E-state index contributed by atoms with van der Waals surface area (Å²) in [6.45, 7) is 6.35. The van der Waals surface area contributed by atoms with Crippen molar-refractivity contribution in [3.63, 3.8) is 0 Å². The van der Waals surface area contributed by atoms with Crippen LogP contribution >= 0.6 is 0 Å². The molecule has 116 valence electrons. The molecule has 1 aromatic heterocycles. The molecular weight excluding hydrogens is 276 g/mol. The largest absolute Gasteiger partial charge is 0.348 e. The van der Waals surface area contributed by atoms with Crippen molar-refractivity contribution < 1.29 is 4.79 Å². The van der Waals surface area contributed by atoms with Gasteiger partial charge in [0.15, 0.2) is 0 Å². The van der Waals surface area contributed by atoms with Crippen LogP contribution in [0, 0.1) is 0 Å². The van der Waals surface area contributed by atoms with Gasteiger partial charge in [-0.05, 0) is 38.5 Å². The van der Waals surface area contributed by atoms with E-state index in [2.05, 4.69) is 29.2 Å². The molecule has 1 aromatic carbocycles. The van der Waals surface area contributed by atoms with Gasteiger partial charge >= 0.3 is 0 Å². The Labute approximate surface area is 130 Å². The molecule has 0 bridgehead atoms. The van der Waals surface area contributed by atoms with Gasteiger partial charge in [0.05, 0.1) is 11.3 Å². The Morgan fingerprint density at radius 2 is 2.14 bits per heavy atom. The van der Waals surface area contributed by atoms with Crippen molar-refractivity contribution in [2.45, 2.75) is 32.4 Å². The molecule has 0 radical (unpaired) electrons. The molecule has 1 N–H and O–H groups in total. The van der Waals surface area contributed by atoms with E-state index in [1.807, 2.05) is 36.5 Å². The number of hydrogen-bond donors (Lipinski definition) is 1. The molecule has 3 rings (SSSR count). The normalized spacial score (nSPS) is 18.8. The van der Waals surface area contributed by atoms with E-state index in [1.54, 1.807) is 10.9 Å². The first-order valence-electron chi connectivity index (χ1n) is 7.79. The van der Waals surface area contributed by atoms with Crippen LogP contribution in [0.5, 0.6) is 0 Å². The number of aromatic nitrogens is 2. The average molecular weight is 298 g/mol. The predicted molar refractivity (Wildman–Crippen MR) is 86.1 cm³/mol. The standard InChI is InChI=1S/C17H22N4O/c1-13(2)20-11-8-14(12-20)19-17(22)15-6-3-4-7-16(15)21-10-5-9-18-21/h3-7,9-10,13-14H,8,11-12H2,1-2H3,(H,19,22). The maximum absolute atomic E-state index is 12.6. The van der Waals surface area contributed by atoms with E-state index < -0.39 is 0 Å². The molecule has 1 fully saturated rings. The van der Waals surface area contributed by atoms with E-state index >= 15 is 0 Å². The van der Waals surface area contributed by atoms with E-state index in [1.165, 1.54) is 0 Å². The highest BCUT2D eigenvalue weighted by atomic mass is 16.1. The van der Waals surface area contributed by atoms with Crippen molar-refractivity contribution in [1.82, 2.24) is 20.0 Å². The lowest BCUT2D eigenvalue weighted by molar-refractivity contribution is 0.0936. The number of para-hydroxylation sites is 1. The summed E-state index contributed by atoms with van der Waals surface area (Å²) in [5.74, 6) is -0.0262. The third-order valence-corrected chi connectivity index (χ3v) is 4.19. The molecule has 1 saturated heterocycles. The summed E-state index contributed by atoms with van der Waals surface area (Å²) in [5.41, 5.74) is 1.47. The maximum atomic E-state index is 12.6. The van der Waals surface area contributed by atoms with Gasteiger partial charge in [-0.1, -0.05) is 12.1 Å². The number of hydrogen-bond acceptors (Lipinski definition) is 3. The fourth-order valence-electron chi connectivity index (χ4n) is 2.91. The summed E-state index contributed by atoms with van der Waals surface area (Å²) in [6, 6.07) is 10.2. The first kappa shape index (κ1) is 14.8. The van der Waals surface area contributed by atoms with Crippen molar-refractivity contribution in [2.75, 3.05) is 13.1 Å². The van der Waals surface area contributed by atoms with Crippen LogP contribution in [0.1, 0.15) is 30.6 Å². The molecule has 1 unspecified atom stereocenters. The second-order valence-electron chi connectivity index (χ2n) is 6.02. The Balaban J connectivity index is 1.74. The van der Waals surface area contributed by atoms with Gasteiger partial charge in [0.25, 0.3) is 5.91 Å². The van der Waals surface area contributed by atoms with E-state index in [0.29, 0.717) is 11.6 Å². The number of amides is 1. The Kier molecular flexibility index (Phi) is 4.24. The molecule has 0 spiro atoms. The van der Waals surface area contributed by atoms with E-state index in [9.17, 15) is 4.79 Å². The summed E-state index contributed by atoms with van der Waals surface area (Å²) in [7, 11) is 0. The van der Waals surface area contributed by atoms with E-state index in [4.69, 9.17) is 0 Å². The van der Waals surface area contributed by atoms with Crippen molar-refractivity contribution >= 4 is 5.91 Å². The summed E-state index contributed by atoms with van der Waals surface area (Å²) in [6.07, 6.45) is 4.57. The van der Waals surface area contributed by atoms with Crippen LogP contribution in [0.25, 0.3) is 5.69 Å². The lowest BCUT2D eigenvalue weighted by Crippen LogP contribution is -2.38. The number of carbonyl (C=O) groups is 1. The third-order valence-electron chi connectivity index (χ3n) is 4.19. The topological polar surface area (TPSA) is 50.2 Å². The molecule has 22 heavy (non-hydrogen) atoms. The lowest BCUT2D eigenvalue weighted by Gasteiger charge is -2.20. The molecule has 1 aliphatic rings. The van der Waals surface area contributed by atoms with Gasteiger partial charge in [-0.3, -0.25) is 9.69 Å². The fraction of sp³-hybridized carbons (Fsp3) is 0.412. The monoisotopic (exact) mass is 298 g/mol. The average Bonchev–Trinajstić information content (AvgIpc) is 3.18. The van der Waals surface area contributed by atoms with Gasteiger partial charge < -0.3 is 5.32 Å². The van der Waals surface area contributed by atoms with Crippen LogP contribution in [-0.4, -0.2) is 45.8 Å². The molecular formula is C17H22N4O. The Morgan fingerprint density at radius 1 is 1.32 bits per heavy atom. The highest BCUT2D eigenvalue weighted by molar-refractivity contribution is 5.97. The fourth-order valence-corrected chi connectivity index (χ4v) is 2.91. The molecule has 1 atom stereocenters. The number of nitrogens with zero attached hydrogens (tertiary/aromatic N) is 3. The molecule has 0 aliphatic carbocycles. The number of nitrogens with one attached hydrogen (secondary N) is 1. The first-order valence-corrected chi connectivity index (χ1v) is 7.79. The van der Waals surface area contributed by atoms with E-state index in [-0.39, 0.29) is 11.9 Å². The third kappa shape index (κ3) is 3.04. The maximum Gasteiger partial charge on any atom is 0.253 e. The summed E-state index contributed by atoms with van der Waals surface area (Å²) in [5, 5.41) is 7.39. The number of rotatable bonds is 4. The minimum Gasteiger partial charge on any atom is -0.348 e. The highest BCUT2D eigenvalue weighted by Crippen LogP contribution is 2.16. The van der Waals surface area contributed by atoms with Crippen molar-refractivity contribution in [1.29, 1.82) is 0 Å². The summed E-state index contributed by atoms with van der Waals surface area (Å²) >= 11 is 0. The van der Waals surface area contributed by atoms with Gasteiger partial charge in [0.1, 0.15) is 0 Å². The van der Waals surface area contributed by atoms with Gasteiger partial charge in [-0.2, -0.15) is 5.10 Å². The van der Waals surface area contributed by atoms with Crippen LogP contribution in [-0.2, 0) is 0 Å². The molecule has 5 heteroatoms. The Morgan fingerprint density at radius 3 is 2.82 bits per heavy atom. The van der Waals surface area contributed by atoms with Crippen LogP contribution in [0.4, 0.5) is 0 Å². The van der Waals surface area contributed by atoms with Crippen LogP contribution in [0.3, 0.4) is 0 Å². The van der Waals surface area contributed by atoms with Crippen LogP contribution < -0.4 is 5.32 Å². The number of benzene rings is 1. The molecule has 1 aliphatic heterocycles. The molecule has 0 saturated carbocycles. The number of carbonyl (C=O) groups excluding carboxylic acids is 1. The highest BCUT2D eigenvalue weighted by Gasteiger charge is 2.26. The zero-order valence-electron chi connectivity index (χ0n) is 13.1. The molecule has 1 amide bonds. The van der Waals surface area contributed by atoms with E-state index in [0.717, 1.165) is 25.2 Å². The minimum atomic E-state index is -0.0262. The van der Waals surface area contributed by atoms with Crippen molar-refractivity contribution in [3.8, 4) is 5.69 Å². The zero-order chi connectivity index (χ0) is 15.5. The second kappa shape index (κ2) is 6.32. The lowest BCUT2D eigenvalue weighted by atomic mass is 10.1. The molecule has 5 nitrogen and oxygen atoms in total. The van der Waals surface area contributed by atoms with Crippen LogP contribution in [0.2, 0.25) is 0 Å². The van der Waals surface area contributed by atoms with Crippen LogP contribution in [0.15, 0.2) is 42.7 Å². The van der Waals surface area contributed by atoms with Crippen molar-refractivity contribution in [3.05, 3.63) is 48.3 Å². The zero-order valence-corrected chi connectivity index (χ0v) is 13.1. The predicted octanol–water partition coefficient (Wildman–Crippen LogP) is 2.08. The second-order valence-corrected chi connectivity index (χ2v) is 6.02. The van der Waals surface area contributed by atoms with Gasteiger partial charge in [0.2, 0.25) is 0 Å². The van der Waals surface area contributed by atoms with Gasteiger partial charge in [-0.15, -0.1) is 0 Å². The minimum absolute atomic E-state index is 0.0262. The number of likely N-dealkylation sites (tertiary alicyclic amines) is 1. The SMILES string of the molecule is CC(C)N1CCC(NC(=O)c2ccccc2-n2cccn2)C1. The van der Waals surface area contributed by atoms with Gasteiger partial charge in [-0.25, -0.2) is 4.68 Å².